The number of ketones is 1. The third kappa shape index (κ3) is 2.79. The fraction of sp³-hybridized carbons (Fsp3) is 0.462. The molecule has 1 rings (SSSR count). The Hall–Kier alpha value is -1.06. The zero-order chi connectivity index (χ0) is 13.2. The summed E-state index contributed by atoms with van der Waals surface area (Å²) in [5.74, 6) is 0.560. The van der Waals surface area contributed by atoms with Crippen LogP contribution in [0.25, 0.3) is 0 Å². The molecule has 0 N–H and O–H groups in total. The smallest absolute Gasteiger partial charge is 0.182 e. The SMILES string of the molecule is COc1cc(C(=O)C(C)(C)N(C)C)ccc1Cl. The highest BCUT2D eigenvalue weighted by Crippen LogP contribution is 2.27. The Balaban J connectivity index is 3.13. The third-order valence-electron chi connectivity index (χ3n) is 3.09. The standard InChI is InChI=1S/C13H18ClNO2/c1-13(2,15(3)4)12(16)9-6-7-10(14)11(8-9)17-5/h6-8H,1-5H3. The van der Waals surface area contributed by atoms with Crippen LogP contribution in [0.3, 0.4) is 0 Å². The minimum atomic E-state index is -0.557. The van der Waals surface area contributed by atoms with Gasteiger partial charge in [0, 0.05) is 5.56 Å². The predicted octanol–water partition coefficient (Wildman–Crippen LogP) is 2.87. The number of methoxy groups -OCH3 is 1. The number of halogens is 1. The van der Waals surface area contributed by atoms with Crippen molar-refractivity contribution < 1.29 is 9.53 Å². The number of likely N-dealkylation sites (N-methyl/N-ethyl adjacent to an activating group) is 1. The molecule has 0 spiro atoms. The first-order valence-electron chi connectivity index (χ1n) is 5.36. The van der Waals surface area contributed by atoms with Crippen molar-refractivity contribution in [2.75, 3.05) is 21.2 Å². The Labute approximate surface area is 107 Å². The fourth-order valence-corrected chi connectivity index (χ4v) is 1.55. The van der Waals surface area contributed by atoms with Crippen molar-refractivity contribution in [3.05, 3.63) is 28.8 Å². The van der Waals surface area contributed by atoms with Gasteiger partial charge in [-0.2, -0.15) is 0 Å². The van der Waals surface area contributed by atoms with E-state index in [4.69, 9.17) is 16.3 Å². The van der Waals surface area contributed by atoms with E-state index in [0.29, 0.717) is 16.3 Å². The molecule has 94 valence electrons. The van der Waals surface area contributed by atoms with Gasteiger partial charge in [-0.05, 0) is 46.1 Å². The number of nitrogens with zero attached hydrogens (tertiary/aromatic N) is 1. The van der Waals surface area contributed by atoms with E-state index in [1.54, 1.807) is 18.2 Å². The van der Waals surface area contributed by atoms with Crippen molar-refractivity contribution in [2.45, 2.75) is 19.4 Å². The van der Waals surface area contributed by atoms with Crippen LogP contribution in [0.15, 0.2) is 18.2 Å². The van der Waals surface area contributed by atoms with Gasteiger partial charge in [0.25, 0.3) is 0 Å². The minimum absolute atomic E-state index is 0.0393. The van der Waals surface area contributed by atoms with Crippen molar-refractivity contribution in [1.29, 1.82) is 0 Å². The van der Waals surface area contributed by atoms with Crippen LogP contribution in [0.5, 0.6) is 5.75 Å². The van der Waals surface area contributed by atoms with Gasteiger partial charge in [0.2, 0.25) is 0 Å². The van der Waals surface area contributed by atoms with Crippen LogP contribution in [0.4, 0.5) is 0 Å². The van der Waals surface area contributed by atoms with Crippen LogP contribution in [0, 0.1) is 0 Å². The maximum absolute atomic E-state index is 12.3. The van der Waals surface area contributed by atoms with E-state index in [2.05, 4.69) is 0 Å². The second-order valence-corrected chi connectivity index (χ2v) is 5.04. The molecule has 0 amide bonds. The van der Waals surface area contributed by atoms with E-state index < -0.39 is 5.54 Å². The highest BCUT2D eigenvalue weighted by atomic mass is 35.5. The van der Waals surface area contributed by atoms with E-state index in [0.717, 1.165) is 0 Å². The van der Waals surface area contributed by atoms with E-state index in [9.17, 15) is 4.79 Å². The van der Waals surface area contributed by atoms with Gasteiger partial charge in [0.15, 0.2) is 5.78 Å². The van der Waals surface area contributed by atoms with Crippen molar-refractivity contribution in [1.82, 2.24) is 4.90 Å². The number of Topliss-reactive ketones (excluding diaryl/α,β-unsaturated/α-hetero) is 1. The summed E-state index contributed by atoms with van der Waals surface area (Å²) in [4.78, 5) is 14.2. The zero-order valence-corrected chi connectivity index (χ0v) is 11.6. The second kappa shape index (κ2) is 5.07. The molecule has 0 aliphatic heterocycles. The van der Waals surface area contributed by atoms with Crippen molar-refractivity contribution in [3.8, 4) is 5.75 Å². The Morgan fingerprint density at radius 2 is 1.94 bits per heavy atom. The minimum Gasteiger partial charge on any atom is -0.495 e. The number of rotatable bonds is 4. The molecule has 1 aromatic rings. The molecule has 0 atom stereocenters. The molecule has 0 radical (unpaired) electrons. The molecule has 0 aliphatic carbocycles. The number of carbonyl (C=O) groups excluding carboxylic acids is 1. The zero-order valence-electron chi connectivity index (χ0n) is 10.9. The fourth-order valence-electron chi connectivity index (χ4n) is 1.36. The molecule has 0 saturated heterocycles. The molecule has 3 nitrogen and oxygen atoms in total. The number of ether oxygens (including phenoxy) is 1. The molecule has 0 unspecified atom stereocenters. The van der Waals surface area contributed by atoms with E-state index in [-0.39, 0.29) is 5.78 Å². The number of benzene rings is 1. The van der Waals surface area contributed by atoms with E-state index in [1.807, 2.05) is 32.8 Å². The highest BCUT2D eigenvalue weighted by Gasteiger charge is 2.31. The van der Waals surface area contributed by atoms with Gasteiger partial charge in [-0.25, -0.2) is 0 Å². The number of hydrogen-bond acceptors (Lipinski definition) is 3. The second-order valence-electron chi connectivity index (χ2n) is 4.63. The van der Waals surface area contributed by atoms with Gasteiger partial charge in [0.05, 0.1) is 17.7 Å². The summed E-state index contributed by atoms with van der Waals surface area (Å²) >= 11 is 5.93. The van der Waals surface area contributed by atoms with Gasteiger partial charge < -0.3 is 4.74 Å². The Bertz CT molecular complexity index is 427. The number of hydrogen-bond donors (Lipinski definition) is 0. The van der Waals surface area contributed by atoms with Crippen molar-refractivity contribution in [3.63, 3.8) is 0 Å². The summed E-state index contributed by atoms with van der Waals surface area (Å²) in [6.07, 6.45) is 0. The molecule has 0 saturated carbocycles. The van der Waals surface area contributed by atoms with Crippen LogP contribution in [0.2, 0.25) is 5.02 Å². The Morgan fingerprint density at radius 1 is 1.35 bits per heavy atom. The molecule has 0 aromatic heterocycles. The maximum atomic E-state index is 12.3. The quantitative estimate of drug-likeness (QED) is 0.775. The lowest BCUT2D eigenvalue weighted by Gasteiger charge is -2.31. The monoisotopic (exact) mass is 255 g/mol. The molecule has 0 heterocycles. The number of carbonyl (C=O) groups is 1. The van der Waals surface area contributed by atoms with Crippen molar-refractivity contribution in [2.24, 2.45) is 0 Å². The summed E-state index contributed by atoms with van der Waals surface area (Å²) in [7, 11) is 5.29. The van der Waals surface area contributed by atoms with Gasteiger partial charge in [0.1, 0.15) is 5.75 Å². The van der Waals surface area contributed by atoms with Gasteiger partial charge in [-0.1, -0.05) is 11.6 Å². The van der Waals surface area contributed by atoms with E-state index >= 15 is 0 Å². The lowest BCUT2D eigenvalue weighted by molar-refractivity contribution is 0.0755. The van der Waals surface area contributed by atoms with Crippen LogP contribution < -0.4 is 4.74 Å². The Morgan fingerprint density at radius 3 is 2.41 bits per heavy atom. The summed E-state index contributed by atoms with van der Waals surface area (Å²) in [6, 6.07) is 5.08. The Kier molecular flexibility index (Phi) is 4.17. The predicted molar refractivity (Wildman–Crippen MR) is 70.1 cm³/mol. The summed E-state index contributed by atoms with van der Waals surface area (Å²) < 4.78 is 5.11. The molecular weight excluding hydrogens is 238 g/mol. The van der Waals surface area contributed by atoms with Crippen LogP contribution in [-0.2, 0) is 0 Å². The average molecular weight is 256 g/mol. The molecule has 0 fully saturated rings. The maximum Gasteiger partial charge on any atom is 0.182 e. The average Bonchev–Trinajstić information content (AvgIpc) is 2.28. The first kappa shape index (κ1) is 14.0. The summed E-state index contributed by atoms with van der Waals surface area (Å²) in [6.45, 7) is 3.77. The summed E-state index contributed by atoms with van der Waals surface area (Å²) in [5, 5.41) is 0.506. The van der Waals surface area contributed by atoms with E-state index in [1.165, 1.54) is 7.11 Å². The van der Waals surface area contributed by atoms with Crippen molar-refractivity contribution >= 4 is 17.4 Å². The topological polar surface area (TPSA) is 29.5 Å². The normalized spacial score (nSPS) is 11.7. The first-order chi connectivity index (χ1) is 7.80. The third-order valence-corrected chi connectivity index (χ3v) is 3.40. The van der Waals surface area contributed by atoms with Crippen LogP contribution in [-0.4, -0.2) is 37.4 Å². The molecule has 1 aromatic carbocycles. The lowest BCUT2D eigenvalue weighted by atomic mass is 9.92. The molecule has 17 heavy (non-hydrogen) atoms. The van der Waals surface area contributed by atoms with Gasteiger partial charge in [-0.3, -0.25) is 9.69 Å². The van der Waals surface area contributed by atoms with Crippen LogP contribution >= 0.6 is 11.6 Å². The highest BCUT2D eigenvalue weighted by molar-refractivity contribution is 6.32. The largest absolute Gasteiger partial charge is 0.495 e. The van der Waals surface area contributed by atoms with Crippen LogP contribution in [0.1, 0.15) is 24.2 Å². The van der Waals surface area contributed by atoms with Gasteiger partial charge >= 0.3 is 0 Å². The lowest BCUT2D eigenvalue weighted by Crippen LogP contribution is -2.45. The molecule has 4 heteroatoms. The molecule has 0 aliphatic rings. The molecular formula is C13H18ClNO2. The molecule has 0 bridgehead atoms. The summed E-state index contributed by atoms with van der Waals surface area (Å²) in [5.41, 5.74) is 0.0451. The first-order valence-corrected chi connectivity index (χ1v) is 5.74. The van der Waals surface area contributed by atoms with Gasteiger partial charge in [-0.15, -0.1) is 0 Å².